The smallest absolute Gasteiger partial charge is 0.292 e. The first-order valence-electron chi connectivity index (χ1n) is 7.77. The van der Waals surface area contributed by atoms with Crippen molar-refractivity contribution in [3.63, 3.8) is 0 Å². The molecule has 0 radical (unpaired) electrons. The van der Waals surface area contributed by atoms with Crippen LogP contribution in [0.2, 0.25) is 0 Å². The molecule has 0 bridgehead atoms. The van der Waals surface area contributed by atoms with Gasteiger partial charge in [0.25, 0.3) is 5.91 Å². The van der Waals surface area contributed by atoms with Crippen LogP contribution in [0.4, 0.5) is 5.69 Å². The molecular formula is C17H17N3O3. The molecule has 2 amide bonds. The zero-order valence-corrected chi connectivity index (χ0v) is 12.6. The van der Waals surface area contributed by atoms with Crippen molar-refractivity contribution in [1.82, 2.24) is 10.1 Å². The first-order chi connectivity index (χ1) is 11.2. The molecule has 1 aromatic carbocycles. The maximum Gasteiger partial charge on any atom is 0.292 e. The predicted octanol–water partition coefficient (Wildman–Crippen LogP) is 2.19. The highest BCUT2D eigenvalue weighted by molar-refractivity contribution is 5.96. The van der Waals surface area contributed by atoms with Gasteiger partial charge in [-0.25, -0.2) is 0 Å². The van der Waals surface area contributed by atoms with Gasteiger partial charge in [-0.1, -0.05) is 23.4 Å². The van der Waals surface area contributed by atoms with E-state index in [1.165, 1.54) is 11.8 Å². The minimum absolute atomic E-state index is 0.0544. The third-order valence-electron chi connectivity index (χ3n) is 4.93. The molecule has 0 saturated carbocycles. The molecule has 1 spiro atoms. The number of piperidine rings is 1. The van der Waals surface area contributed by atoms with Gasteiger partial charge in [0, 0.05) is 36.7 Å². The lowest BCUT2D eigenvalue weighted by molar-refractivity contribution is -0.118. The van der Waals surface area contributed by atoms with Crippen molar-refractivity contribution in [2.75, 3.05) is 18.4 Å². The van der Waals surface area contributed by atoms with E-state index in [1.54, 1.807) is 11.0 Å². The summed E-state index contributed by atoms with van der Waals surface area (Å²) in [7, 11) is 0. The number of para-hydroxylation sites is 1. The minimum atomic E-state index is -0.170. The summed E-state index contributed by atoms with van der Waals surface area (Å²) in [6.45, 7) is 1.22. The maximum absolute atomic E-state index is 12.4. The van der Waals surface area contributed by atoms with Crippen molar-refractivity contribution in [3.8, 4) is 0 Å². The summed E-state index contributed by atoms with van der Waals surface area (Å²) in [5, 5.41) is 6.53. The summed E-state index contributed by atoms with van der Waals surface area (Å²) in [4.78, 5) is 26.2. The van der Waals surface area contributed by atoms with E-state index in [0.717, 1.165) is 18.5 Å². The molecular weight excluding hydrogens is 294 g/mol. The van der Waals surface area contributed by atoms with Crippen LogP contribution in [0.3, 0.4) is 0 Å². The molecule has 3 heterocycles. The second-order valence-electron chi connectivity index (χ2n) is 6.22. The van der Waals surface area contributed by atoms with E-state index < -0.39 is 0 Å². The summed E-state index contributed by atoms with van der Waals surface area (Å²) < 4.78 is 4.95. The number of aromatic nitrogens is 1. The normalized spacial score (nSPS) is 19.3. The molecule has 0 atom stereocenters. The molecule has 1 aromatic heterocycles. The molecule has 1 N–H and O–H groups in total. The highest BCUT2D eigenvalue weighted by atomic mass is 16.5. The van der Waals surface area contributed by atoms with Crippen LogP contribution in [0.1, 0.15) is 35.4 Å². The van der Waals surface area contributed by atoms with Gasteiger partial charge < -0.3 is 14.7 Å². The fourth-order valence-corrected chi connectivity index (χ4v) is 3.72. The number of nitrogens with zero attached hydrogens (tertiary/aromatic N) is 2. The third-order valence-corrected chi connectivity index (χ3v) is 4.93. The number of fused-ring (bicyclic) bond motifs is 2. The van der Waals surface area contributed by atoms with E-state index in [2.05, 4.69) is 16.5 Å². The van der Waals surface area contributed by atoms with Crippen LogP contribution in [-0.4, -0.2) is 35.0 Å². The molecule has 4 rings (SSSR count). The number of nitrogens with one attached hydrogen (secondary N) is 1. The summed E-state index contributed by atoms with van der Waals surface area (Å²) in [6, 6.07) is 9.55. The van der Waals surface area contributed by atoms with Crippen molar-refractivity contribution in [1.29, 1.82) is 0 Å². The van der Waals surface area contributed by atoms with Crippen LogP contribution < -0.4 is 5.32 Å². The van der Waals surface area contributed by atoms with Crippen molar-refractivity contribution in [2.24, 2.45) is 0 Å². The molecule has 0 aliphatic carbocycles. The van der Waals surface area contributed by atoms with Crippen LogP contribution in [0.15, 0.2) is 41.1 Å². The number of anilines is 1. The average molecular weight is 311 g/mol. The second-order valence-corrected chi connectivity index (χ2v) is 6.22. The Kier molecular flexibility index (Phi) is 3.18. The first-order valence-corrected chi connectivity index (χ1v) is 7.77. The van der Waals surface area contributed by atoms with Crippen LogP contribution in [-0.2, 0) is 10.2 Å². The van der Waals surface area contributed by atoms with Gasteiger partial charge in [0.1, 0.15) is 0 Å². The van der Waals surface area contributed by atoms with Crippen molar-refractivity contribution < 1.29 is 14.1 Å². The van der Waals surface area contributed by atoms with E-state index >= 15 is 0 Å². The number of carbonyl (C=O) groups excluding carboxylic acids is 2. The standard InChI is InChI=1S/C17H17N3O3/c21-15-11-17(12-3-1-2-4-13(12)19-15)6-9-20(10-7-17)16(22)14-5-8-18-23-14/h1-5,8H,6-7,9-11H2,(H,19,21). The highest BCUT2D eigenvalue weighted by Gasteiger charge is 2.43. The van der Waals surface area contributed by atoms with E-state index in [0.29, 0.717) is 19.5 Å². The van der Waals surface area contributed by atoms with Gasteiger partial charge in [0.2, 0.25) is 11.7 Å². The summed E-state index contributed by atoms with van der Waals surface area (Å²) in [5.74, 6) is 0.187. The Morgan fingerprint density at radius 2 is 2.00 bits per heavy atom. The zero-order chi connectivity index (χ0) is 15.9. The molecule has 2 aromatic rings. The van der Waals surface area contributed by atoms with Gasteiger partial charge >= 0.3 is 0 Å². The molecule has 6 nitrogen and oxygen atoms in total. The quantitative estimate of drug-likeness (QED) is 0.876. The molecule has 1 fully saturated rings. The number of carbonyl (C=O) groups is 2. The Labute approximate surface area is 133 Å². The topological polar surface area (TPSA) is 75.4 Å². The van der Waals surface area contributed by atoms with E-state index in [9.17, 15) is 9.59 Å². The van der Waals surface area contributed by atoms with E-state index in [-0.39, 0.29) is 23.0 Å². The van der Waals surface area contributed by atoms with Crippen molar-refractivity contribution in [2.45, 2.75) is 24.7 Å². The molecule has 6 heteroatoms. The first kappa shape index (κ1) is 14.0. The van der Waals surface area contributed by atoms with Gasteiger partial charge in [0.05, 0.1) is 6.20 Å². The van der Waals surface area contributed by atoms with E-state index in [1.807, 2.05) is 18.2 Å². The predicted molar refractivity (Wildman–Crippen MR) is 83.0 cm³/mol. The lowest BCUT2D eigenvalue weighted by Crippen LogP contribution is -2.48. The Morgan fingerprint density at radius 1 is 1.22 bits per heavy atom. The lowest BCUT2D eigenvalue weighted by Gasteiger charge is -2.44. The lowest BCUT2D eigenvalue weighted by atomic mass is 9.68. The van der Waals surface area contributed by atoms with Crippen LogP contribution >= 0.6 is 0 Å². The van der Waals surface area contributed by atoms with Gasteiger partial charge in [-0.15, -0.1) is 0 Å². The minimum Gasteiger partial charge on any atom is -0.351 e. The third kappa shape index (κ3) is 2.30. The number of hydrogen-bond acceptors (Lipinski definition) is 4. The van der Waals surface area contributed by atoms with Gasteiger partial charge in [0.15, 0.2) is 0 Å². The monoisotopic (exact) mass is 311 g/mol. The molecule has 2 aliphatic heterocycles. The number of benzene rings is 1. The number of amides is 2. The van der Waals surface area contributed by atoms with Gasteiger partial charge in [-0.05, 0) is 24.5 Å². The highest BCUT2D eigenvalue weighted by Crippen LogP contribution is 2.44. The fourth-order valence-electron chi connectivity index (χ4n) is 3.72. The van der Waals surface area contributed by atoms with Gasteiger partial charge in [-0.2, -0.15) is 0 Å². The van der Waals surface area contributed by atoms with E-state index in [4.69, 9.17) is 4.52 Å². The zero-order valence-electron chi connectivity index (χ0n) is 12.6. The van der Waals surface area contributed by atoms with Crippen LogP contribution in [0.25, 0.3) is 0 Å². The summed E-state index contributed by atoms with van der Waals surface area (Å²) in [6.07, 6.45) is 3.50. The summed E-state index contributed by atoms with van der Waals surface area (Å²) in [5.41, 5.74) is 1.92. The van der Waals surface area contributed by atoms with Crippen LogP contribution in [0.5, 0.6) is 0 Å². The Hall–Kier alpha value is -2.63. The average Bonchev–Trinajstić information content (AvgIpc) is 3.09. The Balaban J connectivity index is 1.57. The molecule has 23 heavy (non-hydrogen) atoms. The molecule has 1 saturated heterocycles. The molecule has 0 unspecified atom stereocenters. The maximum atomic E-state index is 12.4. The number of rotatable bonds is 1. The Morgan fingerprint density at radius 3 is 2.74 bits per heavy atom. The fraction of sp³-hybridized carbons (Fsp3) is 0.353. The SMILES string of the molecule is O=C1CC2(CCN(C(=O)c3ccno3)CC2)c2ccccc2N1. The largest absolute Gasteiger partial charge is 0.351 e. The van der Waals surface area contributed by atoms with Crippen molar-refractivity contribution in [3.05, 3.63) is 47.9 Å². The molecule has 2 aliphatic rings. The number of likely N-dealkylation sites (tertiary alicyclic amines) is 1. The molecule has 118 valence electrons. The second kappa shape index (κ2) is 5.22. The summed E-state index contributed by atoms with van der Waals surface area (Å²) >= 11 is 0. The van der Waals surface area contributed by atoms with Crippen LogP contribution in [0, 0.1) is 0 Å². The van der Waals surface area contributed by atoms with Gasteiger partial charge in [-0.3, -0.25) is 9.59 Å². The van der Waals surface area contributed by atoms with Crippen molar-refractivity contribution >= 4 is 17.5 Å². The number of hydrogen-bond donors (Lipinski definition) is 1. The Bertz CT molecular complexity index is 746.